The van der Waals surface area contributed by atoms with Crippen LogP contribution in [0.4, 0.5) is 0 Å². The normalized spacial score (nSPS) is 29.6. The van der Waals surface area contributed by atoms with Crippen molar-refractivity contribution in [2.45, 2.75) is 45.3 Å². The lowest BCUT2D eigenvalue weighted by Gasteiger charge is -2.40. The zero-order valence-corrected chi connectivity index (χ0v) is 17.6. The van der Waals surface area contributed by atoms with Crippen LogP contribution in [-0.4, -0.2) is 49.4 Å². The number of carboxylic acid groups (broad SMARTS) is 1. The molecule has 8 heteroatoms. The molecule has 2 aliphatic carbocycles. The third kappa shape index (κ3) is 3.51. The van der Waals surface area contributed by atoms with Gasteiger partial charge in [-0.2, -0.15) is 0 Å². The Labute approximate surface area is 174 Å². The standard InChI is InChI=1S/C22H26O8/c1-11-10-22(21(25)26)18(14-6-15(27-4)8-16(7-14)28-5)9-17(19(11)29-12(2)23)20(22)30-13(3)24/h6-8,10,17-20H,9H2,1-5H3,(H,25,26). The predicted octanol–water partition coefficient (Wildman–Crippen LogP) is 2.70. The Kier molecular flexibility index (Phi) is 5.78. The highest BCUT2D eigenvalue weighted by atomic mass is 16.6. The quantitative estimate of drug-likeness (QED) is 0.555. The lowest BCUT2D eigenvalue weighted by molar-refractivity contribution is -0.169. The van der Waals surface area contributed by atoms with Gasteiger partial charge < -0.3 is 24.1 Å². The van der Waals surface area contributed by atoms with Gasteiger partial charge in [0.25, 0.3) is 0 Å². The number of hydrogen-bond donors (Lipinski definition) is 1. The summed E-state index contributed by atoms with van der Waals surface area (Å²) in [6.07, 6.45) is 0.266. The summed E-state index contributed by atoms with van der Waals surface area (Å²) < 4.78 is 21.8. The fraction of sp³-hybridized carbons (Fsp3) is 0.500. The Balaban J connectivity index is 2.20. The van der Waals surface area contributed by atoms with Crippen molar-refractivity contribution in [3.05, 3.63) is 35.4 Å². The van der Waals surface area contributed by atoms with Gasteiger partial charge in [-0.15, -0.1) is 0 Å². The maximum absolute atomic E-state index is 12.7. The predicted molar refractivity (Wildman–Crippen MR) is 105 cm³/mol. The molecule has 5 unspecified atom stereocenters. The molecule has 3 rings (SSSR count). The van der Waals surface area contributed by atoms with Crippen molar-refractivity contribution in [1.82, 2.24) is 0 Å². The monoisotopic (exact) mass is 418 g/mol. The van der Waals surface area contributed by atoms with Crippen molar-refractivity contribution in [3.8, 4) is 11.5 Å². The van der Waals surface area contributed by atoms with Crippen LogP contribution in [0.15, 0.2) is 29.8 Å². The van der Waals surface area contributed by atoms with E-state index in [2.05, 4.69) is 0 Å². The van der Waals surface area contributed by atoms with Crippen molar-refractivity contribution in [2.24, 2.45) is 11.3 Å². The van der Waals surface area contributed by atoms with Crippen molar-refractivity contribution in [2.75, 3.05) is 14.2 Å². The minimum absolute atomic E-state index is 0.340. The first-order valence-electron chi connectivity index (χ1n) is 9.64. The first kappa shape index (κ1) is 21.7. The van der Waals surface area contributed by atoms with E-state index in [1.807, 2.05) is 0 Å². The van der Waals surface area contributed by atoms with E-state index in [4.69, 9.17) is 18.9 Å². The van der Waals surface area contributed by atoms with Crippen molar-refractivity contribution in [1.29, 1.82) is 0 Å². The molecule has 2 bridgehead atoms. The van der Waals surface area contributed by atoms with Gasteiger partial charge in [-0.05, 0) is 36.6 Å². The van der Waals surface area contributed by atoms with E-state index < -0.39 is 47.4 Å². The van der Waals surface area contributed by atoms with Crippen LogP contribution in [0.3, 0.4) is 0 Å². The Morgan fingerprint density at radius 3 is 2.03 bits per heavy atom. The SMILES string of the molecule is COc1cc(OC)cc(C2CC3C(OC(C)=O)C(C)=CC2(C(=O)O)C3OC(C)=O)c1. The Morgan fingerprint density at radius 2 is 1.57 bits per heavy atom. The molecule has 1 aromatic rings. The van der Waals surface area contributed by atoms with Crippen LogP contribution in [0.2, 0.25) is 0 Å². The first-order valence-corrected chi connectivity index (χ1v) is 9.64. The molecule has 0 aliphatic heterocycles. The molecule has 0 aromatic heterocycles. The number of methoxy groups -OCH3 is 2. The molecule has 1 saturated carbocycles. The fourth-order valence-corrected chi connectivity index (χ4v) is 4.90. The Morgan fingerprint density at radius 1 is 1.00 bits per heavy atom. The number of aliphatic carboxylic acids is 1. The molecule has 0 amide bonds. The number of esters is 2. The molecule has 2 aliphatic rings. The maximum atomic E-state index is 12.7. The van der Waals surface area contributed by atoms with Crippen LogP contribution >= 0.6 is 0 Å². The molecule has 1 aromatic carbocycles. The number of hydrogen-bond acceptors (Lipinski definition) is 7. The van der Waals surface area contributed by atoms with Gasteiger partial charge in [-0.25, -0.2) is 0 Å². The average Bonchev–Trinajstić information content (AvgIpc) is 2.92. The second kappa shape index (κ2) is 8.01. The van der Waals surface area contributed by atoms with Gasteiger partial charge in [-0.1, -0.05) is 6.08 Å². The molecule has 0 spiro atoms. The van der Waals surface area contributed by atoms with E-state index >= 15 is 0 Å². The summed E-state index contributed by atoms with van der Waals surface area (Å²) in [6.45, 7) is 4.27. The molecule has 30 heavy (non-hydrogen) atoms. The van der Waals surface area contributed by atoms with Gasteiger partial charge in [0.15, 0.2) is 0 Å². The van der Waals surface area contributed by atoms with Crippen LogP contribution in [0.5, 0.6) is 11.5 Å². The fourth-order valence-electron chi connectivity index (χ4n) is 4.90. The molecular formula is C22H26O8. The van der Waals surface area contributed by atoms with E-state index in [1.54, 1.807) is 31.2 Å². The second-order valence-electron chi connectivity index (χ2n) is 7.78. The maximum Gasteiger partial charge on any atom is 0.317 e. The molecule has 5 atom stereocenters. The van der Waals surface area contributed by atoms with E-state index in [0.717, 1.165) is 0 Å². The van der Waals surface area contributed by atoms with Crippen LogP contribution in [0.1, 0.15) is 38.7 Å². The number of rotatable bonds is 6. The number of carbonyl (C=O) groups is 3. The van der Waals surface area contributed by atoms with Crippen LogP contribution in [0.25, 0.3) is 0 Å². The zero-order chi connectivity index (χ0) is 22.2. The summed E-state index contributed by atoms with van der Waals surface area (Å²) in [5, 5.41) is 10.4. The van der Waals surface area contributed by atoms with E-state index in [9.17, 15) is 19.5 Å². The summed E-state index contributed by atoms with van der Waals surface area (Å²) in [6, 6.07) is 5.21. The van der Waals surface area contributed by atoms with E-state index in [-0.39, 0.29) is 0 Å². The molecule has 0 heterocycles. The van der Waals surface area contributed by atoms with Gasteiger partial charge in [0.2, 0.25) is 0 Å². The highest BCUT2D eigenvalue weighted by Gasteiger charge is 2.66. The van der Waals surface area contributed by atoms with Gasteiger partial charge in [0, 0.05) is 31.7 Å². The third-order valence-corrected chi connectivity index (χ3v) is 5.98. The van der Waals surface area contributed by atoms with Crippen LogP contribution < -0.4 is 9.47 Å². The van der Waals surface area contributed by atoms with Crippen molar-refractivity contribution >= 4 is 17.9 Å². The number of ether oxygens (including phenoxy) is 4. The second-order valence-corrected chi connectivity index (χ2v) is 7.78. The molecule has 8 nitrogen and oxygen atoms in total. The lowest BCUT2D eigenvalue weighted by atomic mass is 9.69. The number of carboxylic acids is 1. The largest absolute Gasteiger partial charge is 0.497 e. The Hall–Kier alpha value is -3.03. The topological polar surface area (TPSA) is 108 Å². The van der Waals surface area contributed by atoms with Crippen molar-refractivity contribution in [3.63, 3.8) is 0 Å². The minimum atomic E-state index is -1.51. The minimum Gasteiger partial charge on any atom is -0.497 e. The van der Waals surface area contributed by atoms with Gasteiger partial charge in [-0.3, -0.25) is 14.4 Å². The highest BCUT2D eigenvalue weighted by Crippen LogP contribution is 2.60. The molecular weight excluding hydrogens is 392 g/mol. The number of fused-ring (bicyclic) bond motifs is 2. The smallest absolute Gasteiger partial charge is 0.317 e. The first-order chi connectivity index (χ1) is 14.1. The summed E-state index contributed by atoms with van der Waals surface area (Å²) in [5.41, 5.74) is -0.201. The van der Waals surface area contributed by atoms with Crippen molar-refractivity contribution < 1.29 is 38.4 Å². The highest BCUT2D eigenvalue weighted by molar-refractivity contribution is 5.82. The summed E-state index contributed by atoms with van der Waals surface area (Å²) >= 11 is 0. The number of carbonyl (C=O) groups excluding carboxylic acids is 2. The van der Waals surface area contributed by atoms with Gasteiger partial charge >= 0.3 is 17.9 Å². The van der Waals surface area contributed by atoms with Crippen LogP contribution in [-0.2, 0) is 23.9 Å². The zero-order valence-electron chi connectivity index (χ0n) is 17.6. The average molecular weight is 418 g/mol. The molecule has 1 N–H and O–H groups in total. The van der Waals surface area contributed by atoms with Gasteiger partial charge in [0.1, 0.15) is 29.1 Å². The van der Waals surface area contributed by atoms with E-state index in [0.29, 0.717) is 29.1 Å². The van der Waals surface area contributed by atoms with E-state index in [1.165, 1.54) is 28.1 Å². The lowest BCUT2D eigenvalue weighted by Crippen LogP contribution is -2.50. The molecule has 0 radical (unpaired) electrons. The summed E-state index contributed by atoms with van der Waals surface area (Å²) in [4.78, 5) is 36.2. The summed E-state index contributed by atoms with van der Waals surface area (Å²) in [5.74, 6) is -2.19. The van der Waals surface area contributed by atoms with Gasteiger partial charge in [0.05, 0.1) is 14.2 Å². The summed E-state index contributed by atoms with van der Waals surface area (Å²) in [7, 11) is 3.03. The molecule has 0 saturated heterocycles. The van der Waals surface area contributed by atoms with Crippen LogP contribution in [0, 0.1) is 11.3 Å². The Bertz CT molecular complexity index is 882. The third-order valence-electron chi connectivity index (χ3n) is 5.98. The molecule has 1 fully saturated rings. The molecule has 162 valence electrons. The number of benzene rings is 1.